The van der Waals surface area contributed by atoms with Gasteiger partial charge in [-0.3, -0.25) is 14.9 Å². The summed E-state index contributed by atoms with van der Waals surface area (Å²) in [4.78, 5) is 51.4. The van der Waals surface area contributed by atoms with Crippen molar-refractivity contribution in [3.05, 3.63) is 92.4 Å². The van der Waals surface area contributed by atoms with Gasteiger partial charge < -0.3 is 14.2 Å². The van der Waals surface area contributed by atoms with E-state index in [4.69, 9.17) is 25.8 Å². The molecule has 9 nitrogen and oxygen atoms in total. The number of nitrogens with zero attached hydrogens (tertiary/aromatic N) is 1. The van der Waals surface area contributed by atoms with Gasteiger partial charge in [0.05, 0.1) is 28.9 Å². The molecule has 0 radical (unpaired) electrons. The molecule has 1 aliphatic heterocycles. The third-order valence-electron chi connectivity index (χ3n) is 5.71. The topological polar surface area (TPSA) is 111 Å². The lowest BCUT2D eigenvalue weighted by Gasteiger charge is -2.26. The lowest BCUT2D eigenvalue weighted by atomic mass is 10.1. The number of barbiturate groups is 1. The van der Waals surface area contributed by atoms with Crippen molar-refractivity contribution in [2.45, 2.75) is 20.5 Å². The second-order valence-corrected chi connectivity index (χ2v) is 9.63. The van der Waals surface area contributed by atoms with Crippen LogP contribution in [0.3, 0.4) is 0 Å². The molecule has 40 heavy (non-hydrogen) atoms. The number of carbonyl (C=O) groups excluding carboxylic acids is 4. The van der Waals surface area contributed by atoms with Gasteiger partial charge in [-0.25, -0.2) is 14.5 Å². The van der Waals surface area contributed by atoms with Crippen LogP contribution in [0.15, 0.2) is 70.7 Å². The van der Waals surface area contributed by atoms with Crippen LogP contribution in [0.1, 0.15) is 35.3 Å². The van der Waals surface area contributed by atoms with Gasteiger partial charge in [0.2, 0.25) is 0 Å². The summed E-state index contributed by atoms with van der Waals surface area (Å²) in [6, 6.07) is 15.4. The first kappa shape index (κ1) is 28.8. The minimum atomic E-state index is -0.907. The number of hydrogen-bond acceptors (Lipinski definition) is 7. The predicted molar refractivity (Wildman–Crippen MR) is 152 cm³/mol. The second-order valence-electron chi connectivity index (χ2n) is 8.37. The first-order chi connectivity index (χ1) is 19.2. The van der Waals surface area contributed by atoms with Gasteiger partial charge in [-0.2, -0.15) is 0 Å². The summed E-state index contributed by atoms with van der Waals surface area (Å²) in [6.07, 6.45) is 1.36. The van der Waals surface area contributed by atoms with Crippen molar-refractivity contribution >= 4 is 63.1 Å². The van der Waals surface area contributed by atoms with E-state index in [9.17, 15) is 19.2 Å². The van der Waals surface area contributed by atoms with Crippen molar-refractivity contribution in [3.8, 4) is 11.5 Å². The molecule has 1 N–H and O–H groups in total. The SMILES string of the molecule is CCOC(=O)c1ccc(N2C(=O)NC(=O)/C(=C\c3cc(Br)c(OCc4ccccc4Cl)c(OCC)c3)C2=O)cc1. The van der Waals surface area contributed by atoms with E-state index < -0.39 is 23.8 Å². The maximum absolute atomic E-state index is 13.3. The van der Waals surface area contributed by atoms with Crippen LogP contribution in [-0.4, -0.2) is 37.0 Å². The van der Waals surface area contributed by atoms with Gasteiger partial charge in [0.15, 0.2) is 11.5 Å². The van der Waals surface area contributed by atoms with Crippen LogP contribution in [-0.2, 0) is 20.9 Å². The predicted octanol–water partition coefficient (Wildman–Crippen LogP) is 5.92. The fourth-order valence-corrected chi connectivity index (χ4v) is 4.62. The molecule has 3 aromatic rings. The number of benzene rings is 3. The Hall–Kier alpha value is -4.15. The molecule has 1 saturated heterocycles. The van der Waals surface area contributed by atoms with E-state index in [1.165, 1.54) is 30.3 Å². The second kappa shape index (κ2) is 12.8. The van der Waals surface area contributed by atoms with Crippen LogP contribution < -0.4 is 19.7 Å². The molecule has 0 aromatic heterocycles. The fourth-order valence-electron chi connectivity index (χ4n) is 3.86. The van der Waals surface area contributed by atoms with Gasteiger partial charge in [0.1, 0.15) is 12.2 Å². The average Bonchev–Trinajstić information content (AvgIpc) is 2.92. The van der Waals surface area contributed by atoms with Crippen LogP contribution >= 0.6 is 27.5 Å². The summed E-state index contributed by atoms with van der Waals surface area (Å²) in [5.41, 5.74) is 1.40. The molecule has 0 unspecified atom stereocenters. The summed E-state index contributed by atoms with van der Waals surface area (Å²) in [6.45, 7) is 4.22. The summed E-state index contributed by atoms with van der Waals surface area (Å²) >= 11 is 9.73. The highest BCUT2D eigenvalue weighted by molar-refractivity contribution is 9.10. The van der Waals surface area contributed by atoms with Crippen LogP contribution in [0.5, 0.6) is 11.5 Å². The maximum atomic E-state index is 13.3. The lowest BCUT2D eigenvalue weighted by Crippen LogP contribution is -2.54. The van der Waals surface area contributed by atoms with Gasteiger partial charge in [0, 0.05) is 10.6 Å². The minimum absolute atomic E-state index is 0.174. The van der Waals surface area contributed by atoms with Gasteiger partial charge in [-0.15, -0.1) is 0 Å². The van der Waals surface area contributed by atoms with E-state index in [1.807, 2.05) is 25.1 Å². The standard InChI is InChI=1S/C29H24BrClN2O7/c1-3-38-24-15-17(14-22(30)25(24)40-16-19-7-5-6-8-23(19)31)13-21-26(34)32-29(37)33(27(21)35)20-11-9-18(10-12-20)28(36)39-4-2/h5-15H,3-4,16H2,1-2H3,(H,32,34,37)/b21-13+. The maximum Gasteiger partial charge on any atom is 0.338 e. The van der Waals surface area contributed by atoms with Crippen molar-refractivity contribution in [1.82, 2.24) is 5.32 Å². The first-order valence-electron chi connectivity index (χ1n) is 12.2. The number of ether oxygens (including phenoxy) is 3. The van der Waals surface area contributed by atoms with Crippen molar-refractivity contribution in [2.24, 2.45) is 0 Å². The Morgan fingerprint density at radius 2 is 1.73 bits per heavy atom. The Morgan fingerprint density at radius 1 is 1.00 bits per heavy atom. The number of amides is 4. The summed E-state index contributed by atoms with van der Waals surface area (Å²) in [7, 11) is 0. The lowest BCUT2D eigenvalue weighted by molar-refractivity contribution is -0.122. The molecule has 3 aromatic carbocycles. The molecule has 0 atom stereocenters. The number of carbonyl (C=O) groups is 4. The summed E-state index contributed by atoms with van der Waals surface area (Å²) < 4.78 is 17.2. The monoisotopic (exact) mass is 626 g/mol. The Balaban J connectivity index is 1.63. The molecule has 206 valence electrons. The van der Waals surface area contributed by atoms with Crippen LogP contribution in [0.4, 0.5) is 10.5 Å². The summed E-state index contributed by atoms with van der Waals surface area (Å²) in [5.74, 6) is -1.41. The first-order valence-corrected chi connectivity index (χ1v) is 13.4. The molecule has 1 fully saturated rings. The number of imide groups is 2. The zero-order chi connectivity index (χ0) is 28.8. The quantitative estimate of drug-likeness (QED) is 0.178. The van der Waals surface area contributed by atoms with Crippen molar-refractivity contribution in [2.75, 3.05) is 18.1 Å². The Labute approximate surface area is 243 Å². The van der Waals surface area contributed by atoms with Crippen LogP contribution in [0.25, 0.3) is 6.08 Å². The molecule has 0 aliphatic carbocycles. The molecular formula is C29H24BrClN2O7. The van der Waals surface area contributed by atoms with Crippen LogP contribution in [0.2, 0.25) is 5.02 Å². The van der Waals surface area contributed by atoms with E-state index in [2.05, 4.69) is 21.2 Å². The zero-order valence-electron chi connectivity index (χ0n) is 21.5. The average molecular weight is 628 g/mol. The molecule has 11 heteroatoms. The largest absolute Gasteiger partial charge is 0.490 e. The number of nitrogens with one attached hydrogen (secondary N) is 1. The number of halogens is 2. The van der Waals surface area contributed by atoms with Gasteiger partial charge in [0.25, 0.3) is 11.8 Å². The van der Waals surface area contributed by atoms with E-state index in [0.717, 1.165) is 10.5 Å². The number of esters is 1. The molecular weight excluding hydrogens is 604 g/mol. The number of hydrogen-bond donors (Lipinski definition) is 1. The van der Waals surface area contributed by atoms with Gasteiger partial charge in [-0.1, -0.05) is 29.8 Å². The molecule has 4 rings (SSSR count). The van der Waals surface area contributed by atoms with Gasteiger partial charge in [-0.05, 0) is 83.9 Å². The van der Waals surface area contributed by atoms with Crippen molar-refractivity contribution in [1.29, 1.82) is 0 Å². The molecule has 0 spiro atoms. The van der Waals surface area contributed by atoms with E-state index >= 15 is 0 Å². The molecule has 0 bridgehead atoms. The number of rotatable bonds is 9. The Kier molecular flexibility index (Phi) is 9.23. The minimum Gasteiger partial charge on any atom is -0.490 e. The van der Waals surface area contributed by atoms with Crippen molar-refractivity contribution in [3.63, 3.8) is 0 Å². The van der Waals surface area contributed by atoms with Crippen LogP contribution in [0, 0.1) is 0 Å². The van der Waals surface area contributed by atoms with Gasteiger partial charge >= 0.3 is 12.0 Å². The highest BCUT2D eigenvalue weighted by Crippen LogP contribution is 2.38. The summed E-state index contributed by atoms with van der Waals surface area (Å²) in [5, 5.41) is 2.75. The van der Waals surface area contributed by atoms with Crippen molar-refractivity contribution < 1.29 is 33.4 Å². The molecule has 1 heterocycles. The Bertz CT molecular complexity index is 1500. The molecule has 1 aliphatic rings. The molecule has 4 amide bonds. The Morgan fingerprint density at radius 3 is 2.40 bits per heavy atom. The molecule has 0 saturated carbocycles. The third kappa shape index (κ3) is 6.35. The fraction of sp³-hybridized carbons (Fsp3) is 0.172. The zero-order valence-corrected chi connectivity index (χ0v) is 23.9. The number of urea groups is 1. The number of anilines is 1. The van der Waals surface area contributed by atoms with E-state index in [1.54, 1.807) is 25.1 Å². The smallest absolute Gasteiger partial charge is 0.338 e. The van der Waals surface area contributed by atoms with E-state index in [0.29, 0.717) is 33.2 Å². The highest BCUT2D eigenvalue weighted by atomic mass is 79.9. The highest BCUT2D eigenvalue weighted by Gasteiger charge is 2.37. The third-order valence-corrected chi connectivity index (χ3v) is 6.67. The normalized spacial score (nSPS) is 14.2. The van der Waals surface area contributed by atoms with E-state index in [-0.39, 0.29) is 30.0 Å².